The van der Waals surface area contributed by atoms with Crippen molar-refractivity contribution in [1.82, 2.24) is 9.55 Å². The minimum Gasteiger partial charge on any atom is -0.388 e. The van der Waals surface area contributed by atoms with Crippen molar-refractivity contribution in [1.29, 1.82) is 0 Å². The van der Waals surface area contributed by atoms with Gasteiger partial charge in [0.05, 0.1) is 19.3 Å². The maximum absolute atomic E-state index is 11.8. The Kier molecular flexibility index (Phi) is 6.99. The van der Waals surface area contributed by atoms with E-state index in [-0.39, 0.29) is 12.4 Å². The van der Waals surface area contributed by atoms with E-state index in [1.807, 2.05) is 0 Å². The molecular weight excluding hydrogens is 451 g/mol. The molecule has 2 heterocycles. The van der Waals surface area contributed by atoms with Crippen LogP contribution in [0.25, 0.3) is 0 Å². The number of hydrogen-bond donors (Lipinski definition) is 6. The SMILES string of the molecule is Nc1ccn([C@H]2CO[C@@H](COP(=O)(O)OP(=O)(O)OP(=O)(O)O)[C@@H]2O)c(=O)n1. The van der Waals surface area contributed by atoms with Crippen LogP contribution in [0.1, 0.15) is 6.04 Å². The third-order valence-corrected chi connectivity index (χ3v) is 7.09. The number of phosphoric acid groups is 3. The Morgan fingerprint density at radius 3 is 2.43 bits per heavy atom. The second-order valence-electron chi connectivity index (χ2n) is 5.36. The van der Waals surface area contributed by atoms with Gasteiger partial charge in [-0.15, -0.1) is 0 Å². The number of hydrogen-bond acceptors (Lipinski definition) is 11. The molecule has 0 bridgehead atoms. The van der Waals surface area contributed by atoms with Gasteiger partial charge >= 0.3 is 29.2 Å². The lowest BCUT2D eigenvalue weighted by atomic mass is 10.1. The largest absolute Gasteiger partial charge is 0.490 e. The molecule has 16 nitrogen and oxygen atoms in total. The van der Waals surface area contributed by atoms with Gasteiger partial charge in [0.25, 0.3) is 0 Å². The number of anilines is 1. The van der Waals surface area contributed by atoms with E-state index in [1.54, 1.807) is 0 Å². The van der Waals surface area contributed by atoms with E-state index in [2.05, 4.69) is 18.1 Å². The molecule has 2 rings (SSSR count). The number of ether oxygens (including phenoxy) is 1. The second-order valence-corrected chi connectivity index (χ2v) is 9.78. The summed E-state index contributed by atoms with van der Waals surface area (Å²) in [6.07, 6.45) is -1.43. The zero-order chi connectivity index (χ0) is 21.3. The van der Waals surface area contributed by atoms with Gasteiger partial charge in [-0.25, -0.2) is 18.5 Å². The molecule has 7 N–H and O–H groups in total. The number of nitrogen functional groups attached to an aromatic ring is 1. The Morgan fingerprint density at radius 1 is 1.21 bits per heavy atom. The molecular formula is C9H16N3O13P3. The molecule has 1 aliphatic heterocycles. The summed E-state index contributed by atoms with van der Waals surface area (Å²) in [4.78, 5) is 50.6. The Balaban J connectivity index is 1.99. The molecule has 1 aromatic heterocycles. The van der Waals surface area contributed by atoms with Crippen molar-refractivity contribution in [3.63, 3.8) is 0 Å². The molecule has 0 aliphatic carbocycles. The summed E-state index contributed by atoms with van der Waals surface area (Å²) in [6.45, 7) is -1.06. The van der Waals surface area contributed by atoms with E-state index in [0.29, 0.717) is 0 Å². The molecule has 1 saturated heterocycles. The first-order chi connectivity index (χ1) is 12.7. The van der Waals surface area contributed by atoms with Gasteiger partial charge in [0, 0.05) is 6.20 Å². The summed E-state index contributed by atoms with van der Waals surface area (Å²) in [6, 6.07) is 0.364. The predicted molar refractivity (Wildman–Crippen MR) is 87.5 cm³/mol. The van der Waals surface area contributed by atoms with Crippen molar-refractivity contribution in [2.75, 3.05) is 18.9 Å². The lowest BCUT2D eigenvalue weighted by Gasteiger charge is -2.20. The standard InChI is InChI=1S/C9H16N3O13P3/c10-7-1-2-12(9(14)11-7)5-3-22-6(8(5)13)4-23-27(18,19)25-28(20,21)24-26(15,16)17/h1-2,5-6,8,13H,3-4H2,(H,18,19)(H,20,21)(H2,10,11,14)(H2,15,16,17)/t5-,6-,8+/m0/s1. The minimum absolute atomic E-state index is 0.0427. The molecule has 5 atom stereocenters. The molecule has 0 amide bonds. The molecule has 160 valence electrons. The number of aliphatic hydroxyl groups excluding tert-OH is 1. The van der Waals surface area contributed by atoms with Crippen LogP contribution >= 0.6 is 23.5 Å². The number of nitrogens with zero attached hydrogens (tertiary/aromatic N) is 2. The van der Waals surface area contributed by atoms with Crippen molar-refractivity contribution in [3.05, 3.63) is 22.7 Å². The third-order valence-electron chi connectivity index (χ3n) is 3.28. The Hall–Kier alpha value is -0.990. The van der Waals surface area contributed by atoms with Crippen LogP contribution in [-0.4, -0.2) is 59.7 Å². The van der Waals surface area contributed by atoms with Gasteiger partial charge in [-0.3, -0.25) is 9.09 Å². The van der Waals surface area contributed by atoms with Crippen molar-refractivity contribution >= 4 is 29.3 Å². The lowest BCUT2D eigenvalue weighted by Crippen LogP contribution is -2.36. The van der Waals surface area contributed by atoms with E-state index in [9.17, 15) is 28.5 Å². The summed E-state index contributed by atoms with van der Waals surface area (Å²) in [5.41, 5.74) is 4.58. The highest BCUT2D eigenvalue weighted by molar-refractivity contribution is 7.66. The van der Waals surface area contributed by atoms with E-state index < -0.39 is 54.0 Å². The van der Waals surface area contributed by atoms with E-state index in [4.69, 9.17) is 25.2 Å². The normalized spacial score (nSPS) is 27.2. The van der Waals surface area contributed by atoms with Crippen LogP contribution in [0.2, 0.25) is 0 Å². The minimum atomic E-state index is -5.65. The molecule has 1 aromatic rings. The molecule has 2 unspecified atom stereocenters. The molecule has 0 saturated carbocycles. The van der Waals surface area contributed by atoms with Crippen LogP contribution in [0, 0.1) is 0 Å². The van der Waals surface area contributed by atoms with Crippen LogP contribution in [0.5, 0.6) is 0 Å². The molecule has 0 spiro atoms. The first-order valence-electron chi connectivity index (χ1n) is 7.12. The highest BCUT2D eigenvalue weighted by Gasteiger charge is 2.43. The van der Waals surface area contributed by atoms with Crippen LogP contribution in [-0.2, 0) is 31.6 Å². The maximum atomic E-state index is 11.8. The second kappa shape index (κ2) is 8.40. The maximum Gasteiger partial charge on any atom is 0.490 e. The van der Waals surface area contributed by atoms with E-state index >= 15 is 0 Å². The van der Waals surface area contributed by atoms with Crippen molar-refractivity contribution < 1.29 is 56.3 Å². The molecule has 19 heteroatoms. The van der Waals surface area contributed by atoms with Gasteiger partial charge in [-0.2, -0.15) is 13.6 Å². The van der Waals surface area contributed by atoms with Gasteiger partial charge in [0.2, 0.25) is 0 Å². The summed E-state index contributed by atoms with van der Waals surface area (Å²) in [5.74, 6) is -0.0427. The van der Waals surface area contributed by atoms with Crippen LogP contribution in [0.15, 0.2) is 17.1 Å². The number of aliphatic hydroxyl groups is 1. The van der Waals surface area contributed by atoms with Gasteiger partial charge in [0.15, 0.2) is 0 Å². The predicted octanol–water partition coefficient (Wildman–Crippen LogP) is -1.53. The molecule has 1 aliphatic rings. The first kappa shape index (κ1) is 23.3. The highest BCUT2D eigenvalue weighted by atomic mass is 31.3. The lowest BCUT2D eigenvalue weighted by molar-refractivity contribution is 0.00157. The van der Waals surface area contributed by atoms with E-state index in [0.717, 1.165) is 4.57 Å². The molecule has 0 aromatic carbocycles. The summed E-state index contributed by atoms with van der Waals surface area (Å²) in [7, 11) is -16.5. The summed E-state index contributed by atoms with van der Waals surface area (Å²) >= 11 is 0. The molecule has 28 heavy (non-hydrogen) atoms. The zero-order valence-corrected chi connectivity index (χ0v) is 16.3. The number of nitrogens with two attached hydrogens (primary N) is 1. The smallest absolute Gasteiger partial charge is 0.388 e. The monoisotopic (exact) mass is 467 g/mol. The molecule has 1 fully saturated rings. The van der Waals surface area contributed by atoms with Crippen molar-refractivity contribution in [2.45, 2.75) is 18.2 Å². The third kappa shape index (κ3) is 6.52. The number of rotatable bonds is 8. The van der Waals surface area contributed by atoms with Crippen LogP contribution in [0.4, 0.5) is 5.82 Å². The van der Waals surface area contributed by atoms with Gasteiger partial charge in [-0.05, 0) is 6.07 Å². The Labute approximate surface area is 155 Å². The van der Waals surface area contributed by atoms with Gasteiger partial charge < -0.3 is 35.2 Å². The summed E-state index contributed by atoms with van der Waals surface area (Å²) in [5, 5.41) is 10.2. The fourth-order valence-corrected chi connectivity index (χ4v) is 5.24. The Morgan fingerprint density at radius 2 is 1.86 bits per heavy atom. The zero-order valence-electron chi connectivity index (χ0n) is 13.6. The van der Waals surface area contributed by atoms with Gasteiger partial charge in [-0.1, -0.05) is 0 Å². The number of phosphoric ester groups is 1. The molecule has 0 radical (unpaired) electrons. The first-order valence-corrected chi connectivity index (χ1v) is 11.6. The summed E-state index contributed by atoms with van der Waals surface area (Å²) < 4.78 is 51.1. The topological polar surface area (TPSA) is 250 Å². The van der Waals surface area contributed by atoms with Gasteiger partial charge in [0.1, 0.15) is 18.0 Å². The van der Waals surface area contributed by atoms with Crippen LogP contribution < -0.4 is 11.4 Å². The van der Waals surface area contributed by atoms with E-state index in [1.165, 1.54) is 12.3 Å². The fourth-order valence-electron chi connectivity index (χ4n) is 2.21. The number of aromatic nitrogens is 2. The fraction of sp³-hybridized carbons (Fsp3) is 0.556. The quantitative estimate of drug-likeness (QED) is 0.237. The van der Waals surface area contributed by atoms with Crippen molar-refractivity contribution in [3.8, 4) is 0 Å². The van der Waals surface area contributed by atoms with Crippen molar-refractivity contribution in [2.24, 2.45) is 0 Å². The Bertz CT molecular complexity index is 914. The highest BCUT2D eigenvalue weighted by Crippen LogP contribution is 2.66. The average molecular weight is 467 g/mol. The van der Waals surface area contributed by atoms with Crippen LogP contribution in [0.3, 0.4) is 0 Å². The average Bonchev–Trinajstić information content (AvgIpc) is 2.82.